The molecule has 3 rings (SSSR count). The lowest BCUT2D eigenvalue weighted by Crippen LogP contribution is -2.50. The minimum atomic E-state index is -5.21. The van der Waals surface area contributed by atoms with E-state index in [4.69, 9.17) is 0 Å². The van der Waals surface area contributed by atoms with Crippen LogP contribution in [0.25, 0.3) is 11.1 Å². The number of Topliss-reactive ketones (excluding diaryl/α,β-unsaturated/α-hetero) is 1. The summed E-state index contributed by atoms with van der Waals surface area (Å²) < 4.78 is 52.0. The fourth-order valence-corrected chi connectivity index (χ4v) is 3.64. The second-order valence-electron chi connectivity index (χ2n) is 8.47. The van der Waals surface area contributed by atoms with Crippen LogP contribution in [0.3, 0.4) is 0 Å². The highest BCUT2D eigenvalue weighted by Gasteiger charge is 2.53. The van der Waals surface area contributed by atoms with Crippen LogP contribution in [-0.4, -0.2) is 35.7 Å². The fraction of sp³-hybridized carbons (Fsp3) is 0.348. The molecule has 0 fully saturated rings. The van der Waals surface area contributed by atoms with Crippen molar-refractivity contribution in [3.63, 3.8) is 0 Å². The van der Waals surface area contributed by atoms with Crippen molar-refractivity contribution < 1.29 is 31.9 Å². The van der Waals surface area contributed by atoms with E-state index in [-0.39, 0.29) is 6.42 Å². The normalized spacial score (nSPS) is 17.7. The molecule has 1 heterocycles. The van der Waals surface area contributed by atoms with Gasteiger partial charge in [0.25, 0.3) is 0 Å². The maximum atomic E-state index is 13.8. The summed E-state index contributed by atoms with van der Waals surface area (Å²) in [5.41, 5.74) is 0.908. The van der Waals surface area contributed by atoms with E-state index < -0.39 is 47.1 Å². The van der Waals surface area contributed by atoms with E-state index in [0.717, 1.165) is 20.4 Å². The Morgan fingerprint density at radius 2 is 1.58 bits per heavy atom. The Kier molecular flexibility index (Phi) is 6.67. The van der Waals surface area contributed by atoms with E-state index >= 15 is 0 Å². The zero-order chi connectivity index (χ0) is 24.6. The number of amides is 2. The monoisotopic (exact) mass is 482 g/mol. The number of carbonyl (C=O) groups is 3. The summed E-state index contributed by atoms with van der Waals surface area (Å²) in [7, 11) is 1.03. The van der Waals surface area contributed by atoms with Crippen molar-refractivity contribution in [1.29, 1.82) is 0 Å². The second kappa shape index (κ2) is 8.86. The van der Waals surface area contributed by atoms with Crippen LogP contribution < -0.4 is 10.6 Å². The van der Waals surface area contributed by atoms with Crippen molar-refractivity contribution in [3.8, 4) is 11.1 Å². The Bertz CT molecular complexity index is 1100. The molecule has 1 aliphatic rings. The number of nitrogens with one attached hydrogen (secondary N) is 2. The van der Waals surface area contributed by atoms with Gasteiger partial charge in [-0.05, 0) is 31.0 Å². The van der Waals surface area contributed by atoms with Crippen LogP contribution in [0, 0.1) is 5.41 Å². The molecule has 2 aromatic rings. The highest BCUT2D eigenvalue weighted by atomic mass is 31.0. The highest BCUT2D eigenvalue weighted by molar-refractivity contribution is 7.18. The highest BCUT2D eigenvalue weighted by Crippen LogP contribution is 2.41. The average molecular weight is 482 g/mol. The van der Waals surface area contributed by atoms with Gasteiger partial charge in [-0.25, -0.2) is 4.39 Å². The largest absolute Gasteiger partial charge is 0.427 e. The molecule has 176 valence electrons. The lowest BCUT2D eigenvalue weighted by molar-refractivity contribution is -0.194. The summed E-state index contributed by atoms with van der Waals surface area (Å²) in [5.74, 6) is -3.10. The van der Waals surface area contributed by atoms with Gasteiger partial charge in [-0.2, -0.15) is 13.2 Å². The Hall–Kier alpha value is -2.80. The predicted molar refractivity (Wildman–Crippen MR) is 119 cm³/mol. The summed E-state index contributed by atoms with van der Waals surface area (Å²) in [5, 5.41) is 0.938. The van der Waals surface area contributed by atoms with Gasteiger partial charge in [-0.3, -0.25) is 14.4 Å². The maximum Gasteiger partial charge on any atom is 0.427 e. The first-order valence-corrected chi connectivity index (χ1v) is 10.7. The Morgan fingerprint density at radius 3 is 2.21 bits per heavy atom. The van der Waals surface area contributed by atoms with E-state index in [0.29, 0.717) is 11.3 Å². The molecule has 2 unspecified atom stereocenters. The van der Waals surface area contributed by atoms with Crippen LogP contribution in [0.5, 0.6) is 0 Å². The first kappa shape index (κ1) is 24.8. The molecule has 5 nitrogen and oxygen atoms in total. The summed E-state index contributed by atoms with van der Waals surface area (Å²) >= 11 is 0. The van der Waals surface area contributed by atoms with Crippen LogP contribution in [0.2, 0.25) is 0 Å². The number of benzene rings is 2. The second-order valence-corrected chi connectivity index (χ2v) is 9.39. The lowest BCUT2D eigenvalue weighted by atomic mass is 9.79. The molecule has 2 aromatic carbocycles. The molecule has 0 bridgehead atoms. The SMILES string of the molecule is CC(C)(C(=O)C[C@@H]1C(=O)Nc2ccccc2-c2ccccc21)C(=O)NCC(F)(P)C(F)(F)F. The lowest BCUT2D eigenvalue weighted by Gasteiger charge is -2.28. The van der Waals surface area contributed by atoms with Crippen LogP contribution in [0.4, 0.5) is 23.2 Å². The summed E-state index contributed by atoms with van der Waals surface area (Å²) in [4.78, 5) is 38.6. The molecule has 0 spiro atoms. The number of para-hydroxylation sites is 1. The molecule has 33 heavy (non-hydrogen) atoms. The van der Waals surface area contributed by atoms with Crippen LogP contribution in [0.15, 0.2) is 48.5 Å². The third-order valence-electron chi connectivity index (χ3n) is 5.76. The number of halogens is 4. The number of hydrogen-bond donors (Lipinski definition) is 2. The van der Waals surface area contributed by atoms with Crippen molar-refractivity contribution in [2.24, 2.45) is 5.41 Å². The zero-order valence-corrected chi connectivity index (χ0v) is 19.1. The summed E-state index contributed by atoms with van der Waals surface area (Å²) in [6, 6.07) is 14.2. The fourth-order valence-electron chi connectivity index (χ4n) is 3.53. The van der Waals surface area contributed by atoms with Crippen molar-refractivity contribution in [2.45, 2.75) is 37.8 Å². The topological polar surface area (TPSA) is 75.3 Å². The van der Waals surface area contributed by atoms with Crippen LogP contribution in [-0.2, 0) is 14.4 Å². The number of alkyl halides is 4. The molecule has 3 atom stereocenters. The van der Waals surface area contributed by atoms with Gasteiger partial charge in [0.15, 0.2) is 0 Å². The Balaban J connectivity index is 1.83. The molecule has 0 aliphatic carbocycles. The number of rotatable bonds is 6. The molecular formula is C23H23F4N2O3P. The maximum absolute atomic E-state index is 13.8. The molecule has 10 heteroatoms. The predicted octanol–water partition coefficient (Wildman–Crippen LogP) is 4.59. The van der Waals surface area contributed by atoms with E-state index in [1.165, 1.54) is 13.8 Å². The first-order valence-electron chi connectivity index (χ1n) is 10.1. The summed E-state index contributed by atoms with van der Waals surface area (Å²) in [6.07, 6.45) is -5.57. The number of ketones is 1. The molecule has 0 aromatic heterocycles. The van der Waals surface area contributed by atoms with E-state index in [1.54, 1.807) is 30.3 Å². The van der Waals surface area contributed by atoms with E-state index in [9.17, 15) is 31.9 Å². The van der Waals surface area contributed by atoms with Gasteiger partial charge in [0.2, 0.25) is 17.2 Å². The third kappa shape index (κ3) is 4.93. The smallest absolute Gasteiger partial charge is 0.351 e. The van der Waals surface area contributed by atoms with Crippen molar-refractivity contribution in [3.05, 3.63) is 54.1 Å². The third-order valence-corrected chi connectivity index (χ3v) is 6.29. The van der Waals surface area contributed by atoms with Gasteiger partial charge in [0, 0.05) is 17.7 Å². The molecule has 0 saturated carbocycles. The average Bonchev–Trinajstić information content (AvgIpc) is 2.86. The van der Waals surface area contributed by atoms with Crippen molar-refractivity contribution in [1.82, 2.24) is 5.32 Å². The molecular weight excluding hydrogens is 459 g/mol. The molecule has 1 aliphatic heterocycles. The summed E-state index contributed by atoms with van der Waals surface area (Å²) in [6.45, 7) is 1.10. The van der Waals surface area contributed by atoms with E-state index in [2.05, 4.69) is 5.32 Å². The molecule has 2 amide bonds. The number of fused-ring (bicyclic) bond motifs is 3. The van der Waals surface area contributed by atoms with Crippen LogP contribution in [0.1, 0.15) is 31.7 Å². The first-order chi connectivity index (χ1) is 15.3. The minimum absolute atomic E-state index is 0.363. The Labute approximate surface area is 190 Å². The zero-order valence-electron chi connectivity index (χ0n) is 17.9. The quantitative estimate of drug-likeness (QED) is 0.359. The van der Waals surface area contributed by atoms with Gasteiger partial charge >= 0.3 is 6.18 Å². The minimum Gasteiger partial charge on any atom is -0.351 e. The standard InChI is InChI=1S/C23H23F4N2O3P/c1-21(2,20(32)28-12-22(24,33)23(25,26)27)18(30)11-16-14-8-4-3-7-13(14)15-9-5-6-10-17(15)29-19(16)31/h3-10,16H,11-12,33H2,1-2H3,(H,28,32)(H,29,31)/t16-,22?/m0/s1. The molecule has 2 N–H and O–H groups in total. The van der Waals surface area contributed by atoms with Crippen molar-refractivity contribution in [2.75, 3.05) is 11.9 Å². The van der Waals surface area contributed by atoms with Gasteiger partial charge in [-0.15, -0.1) is 0 Å². The number of carbonyl (C=O) groups excluding carboxylic acids is 3. The number of anilines is 1. The van der Waals surface area contributed by atoms with Gasteiger partial charge in [0.1, 0.15) is 11.2 Å². The van der Waals surface area contributed by atoms with Crippen molar-refractivity contribution >= 4 is 32.5 Å². The van der Waals surface area contributed by atoms with Gasteiger partial charge in [0.05, 0.1) is 12.5 Å². The Morgan fingerprint density at radius 1 is 1.00 bits per heavy atom. The number of hydrogen-bond acceptors (Lipinski definition) is 3. The molecule has 0 saturated heterocycles. The molecule has 0 radical (unpaired) electrons. The van der Waals surface area contributed by atoms with Crippen LogP contribution >= 0.6 is 9.24 Å². The van der Waals surface area contributed by atoms with E-state index in [1.807, 2.05) is 23.5 Å². The van der Waals surface area contributed by atoms with Gasteiger partial charge in [-0.1, -0.05) is 51.7 Å². The van der Waals surface area contributed by atoms with Gasteiger partial charge < -0.3 is 10.6 Å².